The highest BCUT2D eigenvalue weighted by Gasteiger charge is 2.27. The average molecular weight is 365 g/mol. The van der Waals surface area contributed by atoms with Crippen LogP contribution >= 0.6 is 0 Å². The molecular weight excluding hydrogens is 336 g/mol. The maximum atomic E-state index is 3.98. The van der Waals surface area contributed by atoms with Crippen molar-refractivity contribution in [1.82, 2.24) is 0 Å². The Morgan fingerprint density at radius 1 is 0.964 bits per heavy atom. The standard InChI is InChI=1S/C28H28/c1-20(2)26-15-13-23(14-16-26)8-7-22-9-11-24(12-10-22)17-25-18-27-6-4-5-21(3)28(27)19-25/h4,6,9-16,21,25H,1,5,17-19H2,2-3H3. The Morgan fingerprint density at radius 3 is 2.21 bits per heavy atom. The van der Waals surface area contributed by atoms with Crippen LogP contribution < -0.4 is 0 Å². The van der Waals surface area contributed by atoms with E-state index in [9.17, 15) is 0 Å². The van der Waals surface area contributed by atoms with Crippen LogP contribution in [0, 0.1) is 23.7 Å². The Morgan fingerprint density at radius 2 is 1.61 bits per heavy atom. The molecule has 0 saturated carbocycles. The first-order chi connectivity index (χ1) is 13.6. The second kappa shape index (κ2) is 8.07. The molecule has 140 valence electrons. The van der Waals surface area contributed by atoms with Gasteiger partial charge in [-0.05, 0) is 85.4 Å². The number of rotatable bonds is 3. The maximum absolute atomic E-state index is 3.98. The van der Waals surface area contributed by atoms with E-state index in [4.69, 9.17) is 0 Å². The lowest BCUT2D eigenvalue weighted by molar-refractivity contribution is 0.534. The number of hydrogen-bond acceptors (Lipinski definition) is 0. The van der Waals surface area contributed by atoms with E-state index in [1.807, 2.05) is 6.92 Å². The Balaban J connectivity index is 1.37. The van der Waals surface area contributed by atoms with Gasteiger partial charge in [0.1, 0.15) is 0 Å². The molecule has 0 fully saturated rings. The predicted octanol–water partition coefficient (Wildman–Crippen LogP) is 6.96. The van der Waals surface area contributed by atoms with E-state index in [0.29, 0.717) is 0 Å². The Bertz CT molecular complexity index is 985. The fourth-order valence-electron chi connectivity index (χ4n) is 4.39. The van der Waals surface area contributed by atoms with E-state index in [1.54, 1.807) is 11.1 Å². The fourth-order valence-corrected chi connectivity index (χ4v) is 4.39. The fraction of sp³-hybridized carbons (Fsp3) is 0.286. The highest BCUT2D eigenvalue weighted by atomic mass is 14.3. The summed E-state index contributed by atoms with van der Waals surface area (Å²) in [7, 11) is 0. The molecule has 28 heavy (non-hydrogen) atoms. The van der Waals surface area contributed by atoms with Gasteiger partial charge in [0.05, 0.1) is 0 Å². The Kier molecular flexibility index (Phi) is 5.36. The van der Waals surface area contributed by atoms with Gasteiger partial charge in [-0.15, -0.1) is 0 Å². The molecule has 2 aromatic carbocycles. The molecule has 0 N–H and O–H groups in total. The van der Waals surface area contributed by atoms with Gasteiger partial charge < -0.3 is 0 Å². The largest absolute Gasteiger partial charge is 0.0955 e. The lowest BCUT2D eigenvalue weighted by Gasteiger charge is -2.16. The Labute approximate surface area is 169 Å². The molecule has 0 saturated heterocycles. The molecule has 0 amide bonds. The first kappa shape index (κ1) is 18.6. The van der Waals surface area contributed by atoms with E-state index in [0.717, 1.165) is 28.5 Å². The normalized spacial score (nSPS) is 20.5. The van der Waals surface area contributed by atoms with Crippen LogP contribution in [0.4, 0.5) is 0 Å². The van der Waals surface area contributed by atoms with E-state index >= 15 is 0 Å². The number of hydrogen-bond donors (Lipinski definition) is 0. The van der Waals surface area contributed by atoms with Crippen molar-refractivity contribution in [3.8, 4) is 11.8 Å². The second-order valence-corrected chi connectivity index (χ2v) is 8.37. The summed E-state index contributed by atoms with van der Waals surface area (Å²) in [4.78, 5) is 0. The van der Waals surface area contributed by atoms with Crippen LogP contribution in [0.3, 0.4) is 0 Å². The summed E-state index contributed by atoms with van der Waals surface area (Å²) in [5, 5.41) is 0. The van der Waals surface area contributed by atoms with Crippen LogP contribution in [-0.4, -0.2) is 0 Å². The molecule has 0 radical (unpaired) electrons. The third-order valence-corrected chi connectivity index (χ3v) is 6.04. The monoisotopic (exact) mass is 364 g/mol. The third-order valence-electron chi connectivity index (χ3n) is 6.04. The summed E-state index contributed by atoms with van der Waals surface area (Å²) in [6.07, 6.45) is 9.64. The van der Waals surface area contributed by atoms with Crippen molar-refractivity contribution in [1.29, 1.82) is 0 Å². The molecule has 2 aromatic rings. The third kappa shape index (κ3) is 4.20. The van der Waals surface area contributed by atoms with Crippen LogP contribution in [0.25, 0.3) is 5.57 Å². The van der Waals surface area contributed by atoms with Crippen molar-refractivity contribution in [2.75, 3.05) is 0 Å². The number of benzene rings is 2. The van der Waals surface area contributed by atoms with Gasteiger partial charge in [-0.25, -0.2) is 0 Å². The van der Waals surface area contributed by atoms with Crippen molar-refractivity contribution in [2.45, 2.75) is 39.5 Å². The van der Waals surface area contributed by atoms with Gasteiger partial charge in [0.2, 0.25) is 0 Å². The first-order valence-corrected chi connectivity index (χ1v) is 10.3. The molecule has 0 bridgehead atoms. The zero-order valence-electron chi connectivity index (χ0n) is 17.0. The van der Waals surface area contributed by atoms with Crippen molar-refractivity contribution < 1.29 is 0 Å². The molecule has 0 aromatic heterocycles. The summed E-state index contributed by atoms with van der Waals surface area (Å²) < 4.78 is 0. The summed E-state index contributed by atoms with van der Waals surface area (Å²) in [5.41, 5.74) is 9.13. The van der Waals surface area contributed by atoms with Crippen LogP contribution in [0.15, 0.2) is 78.4 Å². The van der Waals surface area contributed by atoms with Gasteiger partial charge in [0, 0.05) is 11.1 Å². The molecule has 0 aliphatic heterocycles. The topological polar surface area (TPSA) is 0 Å². The van der Waals surface area contributed by atoms with Crippen LogP contribution in [0.1, 0.15) is 55.4 Å². The van der Waals surface area contributed by atoms with Gasteiger partial charge in [-0.2, -0.15) is 0 Å². The molecule has 0 heterocycles. The van der Waals surface area contributed by atoms with Crippen molar-refractivity contribution in [3.05, 3.63) is 101 Å². The summed E-state index contributed by atoms with van der Waals surface area (Å²) in [5.74, 6) is 8.06. The SMILES string of the molecule is C=C(C)c1ccc(C#Cc2ccc(CC3CC4=C(C3)C(C)CC=C4)cc2)cc1. The summed E-state index contributed by atoms with van der Waals surface area (Å²) >= 11 is 0. The van der Waals surface area contributed by atoms with Crippen molar-refractivity contribution in [2.24, 2.45) is 11.8 Å². The summed E-state index contributed by atoms with van der Waals surface area (Å²) in [6, 6.07) is 17.1. The predicted molar refractivity (Wildman–Crippen MR) is 120 cm³/mol. The highest BCUT2D eigenvalue weighted by molar-refractivity contribution is 5.62. The minimum absolute atomic E-state index is 0.743. The zero-order chi connectivity index (χ0) is 19.5. The lowest BCUT2D eigenvalue weighted by atomic mass is 9.89. The van der Waals surface area contributed by atoms with Gasteiger partial charge in [-0.3, -0.25) is 0 Å². The van der Waals surface area contributed by atoms with Crippen LogP contribution in [0.5, 0.6) is 0 Å². The van der Waals surface area contributed by atoms with E-state index in [-0.39, 0.29) is 0 Å². The van der Waals surface area contributed by atoms with E-state index < -0.39 is 0 Å². The first-order valence-electron chi connectivity index (χ1n) is 10.3. The van der Waals surface area contributed by atoms with Crippen LogP contribution in [0.2, 0.25) is 0 Å². The molecule has 4 rings (SSSR count). The quantitative estimate of drug-likeness (QED) is 0.516. The van der Waals surface area contributed by atoms with Gasteiger partial charge in [0.15, 0.2) is 0 Å². The smallest absolute Gasteiger partial charge is 0.0249 e. The molecule has 2 aliphatic rings. The van der Waals surface area contributed by atoms with Gasteiger partial charge in [0.25, 0.3) is 0 Å². The average Bonchev–Trinajstić information content (AvgIpc) is 3.12. The molecule has 0 nitrogen and oxygen atoms in total. The minimum atomic E-state index is 0.743. The number of allylic oxidation sites excluding steroid dienone is 5. The second-order valence-electron chi connectivity index (χ2n) is 8.37. The van der Waals surface area contributed by atoms with Gasteiger partial charge >= 0.3 is 0 Å². The summed E-state index contributed by atoms with van der Waals surface area (Å²) in [6.45, 7) is 8.38. The molecule has 0 heteroatoms. The van der Waals surface area contributed by atoms with Crippen molar-refractivity contribution >= 4 is 5.57 Å². The molecule has 2 atom stereocenters. The Hall–Kier alpha value is -2.78. The molecule has 0 spiro atoms. The molecular formula is C28H28. The van der Waals surface area contributed by atoms with E-state index in [2.05, 4.69) is 86.0 Å². The highest BCUT2D eigenvalue weighted by Crippen LogP contribution is 2.41. The van der Waals surface area contributed by atoms with E-state index in [1.165, 1.54) is 36.8 Å². The molecule has 2 aliphatic carbocycles. The lowest BCUT2D eigenvalue weighted by Crippen LogP contribution is -2.03. The molecule has 2 unspecified atom stereocenters. The maximum Gasteiger partial charge on any atom is 0.0249 e. The minimum Gasteiger partial charge on any atom is -0.0955 e. The zero-order valence-corrected chi connectivity index (χ0v) is 17.0. The van der Waals surface area contributed by atoms with Gasteiger partial charge in [-0.1, -0.05) is 72.9 Å². The van der Waals surface area contributed by atoms with Crippen LogP contribution in [-0.2, 0) is 6.42 Å². The van der Waals surface area contributed by atoms with Crippen molar-refractivity contribution in [3.63, 3.8) is 0 Å².